The summed E-state index contributed by atoms with van der Waals surface area (Å²) in [5.41, 5.74) is 2.20. The molecule has 168 valence electrons. The number of benzene rings is 1. The van der Waals surface area contributed by atoms with Gasteiger partial charge in [0.15, 0.2) is 0 Å². The fourth-order valence-electron chi connectivity index (χ4n) is 6.41. The van der Waals surface area contributed by atoms with Gasteiger partial charge in [-0.25, -0.2) is 0 Å². The maximum absolute atomic E-state index is 12.9. The van der Waals surface area contributed by atoms with E-state index in [1.54, 1.807) is 0 Å². The van der Waals surface area contributed by atoms with Crippen molar-refractivity contribution in [2.45, 2.75) is 45.3 Å². The van der Waals surface area contributed by atoms with E-state index in [9.17, 15) is 9.90 Å². The van der Waals surface area contributed by atoms with Crippen molar-refractivity contribution in [2.24, 2.45) is 23.2 Å². The number of esters is 1. The largest absolute Gasteiger partial charge is 0.461 e. The number of anilines is 1. The number of rotatable bonds is 3. The molecule has 31 heavy (non-hydrogen) atoms. The van der Waals surface area contributed by atoms with Crippen LogP contribution in [0.5, 0.6) is 0 Å². The SMILES string of the molecule is C[C@@H]1CCC=C2C[C@H]3OC(=O)[C@H](CN4CCN(c5cccc(Cl)c5)CC4)[C@H]3[C@@H](O)[C@@]21C. The highest BCUT2D eigenvalue weighted by atomic mass is 35.5. The average molecular weight is 445 g/mol. The van der Waals surface area contributed by atoms with Crippen LogP contribution in [0.4, 0.5) is 5.69 Å². The van der Waals surface area contributed by atoms with E-state index in [4.69, 9.17) is 16.3 Å². The summed E-state index contributed by atoms with van der Waals surface area (Å²) >= 11 is 6.15. The van der Waals surface area contributed by atoms with Crippen molar-refractivity contribution in [1.29, 1.82) is 0 Å². The van der Waals surface area contributed by atoms with E-state index in [-0.39, 0.29) is 29.3 Å². The molecule has 0 bridgehead atoms. The molecule has 1 aromatic carbocycles. The lowest BCUT2D eigenvalue weighted by Crippen LogP contribution is -2.55. The Hall–Kier alpha value is -1.56. The Morgan fingerprint density at radius 1 is 1.26 bits per heavy atom. The molecular formula is C25H33ClN2O3. The smallest absolute Gasteiger partial charge is 0.311 e. The fraction of sp³-hybridized carbons (Fsp3) is 0.640. The molecule has 5 rings (SSSR count). The number of carbonyl (C=O) groups excluding carboxylic acids is 1. The van der Waals surface area contributed by atoms with Crippen molar-refractivity contribution < 1.29 is 14.6 Å². The van der Waals surface area contributed by atoms with Crippen LogP contribution >= 0.6 is 11.6 Å². The molecule has 1 aromatic rings. The molecule has 6 atom stereocenters. The summed E-state index contributed by atoms with van der Waals surface area (Å²) in [4.78, 5) is 17.6. The number of hydrogen-bond acceptors (Lipinski definition) is 5. The number of aliphatic hydroxyl groups is 1. The molecule has 1 saturated carbocycles. The van der Waals surface area contributed by atoms with Gasteiger partial charge in [-0.1, -0.05) is 43.2 Å². The Bertz CT molecular complexity index is 881. The monoisotopic (exact) mass is 444 g/mol. The highest BCUT2D eigenvalue weighted by molar-refractivity contribution is 6.30. The molecule has 6 heteroatoms. The predicted molar refractivity (Wildman–Crippen MR) is 122 cm³/mol. The summed E-state index contributed by atoms with van der Waals surface area (Å²) in [6.07, 6.45) is 4.52. The minimum Gasteiger partial charge on any atom is -0.461 e. The highest BCUT2D eigenvalue weighted by Crippen LogP contribution is 2.56. The topological polar surface area (TPSA) is 53.0 Å². The maximum Gasteiger partial charge on any atom is 0.311 e. The first kappa shape index (κ1) is 21.3. The first-order valence-electron chi connectivity index (χ1n) is 11.7. The summed E-state index contributed by atoms with van der Waals surface area (Å²) in [5, 5.41) is 12.3. The van der Waals surface area contributed by atoms with Gasteiger partial charge in [0.05, 0.1) is 12.0 Å². The van der Waals surface area contributed by atoms with Crippen LogP contribution < -0.4 is 4.90 Å². The fourth-order valence-corrected chi connectivity index (χ4v) is 6.60. The van der Waals surface area contributed by atoms with Gasteiger partial charge in [-0.2, -0.15) is 0 Å². The standard InChI is InChI=1S/C25H33ClN2O3/c1-16-5-3-6-17-13-21-22(23(29)25(16,17)2)20(24(30)31-21)15-27-9-11-28(12-10-27)19-8-4-7-18(26)14-19/h4,6-8,14,16,20-23,29H,3,5,9-13,15H2,1-2H3/t16-,20-,21-,22-,23-,25-/m1/s1. The minimum absolute atomic E-state index is 0.110. The van der Waals surface area contributed by atoms with E-state index in [2.05, 4.69) is 35.8 Å². The summed E-state index contributed by atoms with van der Waals surface area (Å²) < 4.78 is 5.83. The van der Waals surface area contributed by atoms with E-state index in [1.165, 1.54) is 5.57 Å². The van der Waals surface area contributed by atoms with Gasteiger partial charge in [-0.3, -0.25) is 9.69 Å². The number of carbonyl (C=O) groups is 1. The van der Waals surface area contributed by atoms with Crippen LogP contribution in [0.3, 0.4) is 0 Å². The molecule has 1 N–H and O–H groups in total. The Morgan fingerprint density at radius 3 is 2.77 bits per heavy atom. The summed E-state index contributed by atoms with van der Waals surface area (Å²) in [7, 11) is 0. The molecule has 2 saturated heterocycles. The summed E-state index contributed by atoms with van der Waals surface area (Å²) in [6.45, 7) is 8.71. The van der Waals surface area contributed by atoms with Crippen LogP contribution in [0, 0.1) is 23.2 Å². The van der Waals surface area contributed by atoms with Crippen LogP contribution in [0.2, 0.25) is 5.02 Å². The van der Waals surface area contributed by atoms with Crippen molar-refractivity contribution in [1.82, 2.24) is 4.90 Å². The Kier molecular flexibility index (Phi) is 5.56. The number of halogens is 1. The van der Waals surface area contributed by atoms with Crippen molar-refractivity contribution in [2.75, 3.05) is 37.6 Å². The molecular weight excluding hydrogens is 412 g/mol. The summed E-state index contributed by atoms with van der Waals surface area (Å²) in [5.74, 6) is -0.0609. The van der Waals surface area contributed by atoms with Crippen LogP contribution in [0.15, 0.2) is 35.9 Å². The number of nitrogens with zero attached hydrogens (tertiary/aromatic N) is 2. The third kappa shape index (κ3) is 3.59. The quantitative estimate of drug-likeness (QED) is 0.568. The maximum atomic E-state index is 12.9. The minimum atomic E-state index is -0.531. The van der Waals surface area contributed by atoms with Crippen LogP contribution in [0.1, 0.15) is 33.1 Å². The Morgan fingerprint density at radius 2 is 2.03 bits per heavy atom. The van der Waals surface area contributed by atoms with Gasteiger partial charge >= 0.3 is 5.97 Å². The van der Waals surface area contributed by atoms with Crippen molar-refractivity contribution in [3.05, 3.63) is 40.9 Å². The van der Waals surface area contributed by atoms with Gasteiger partial charge in [-0.05, 0) is 37.0 Å². The normalized spacial score (nSPS) is 38.3. The predicted octanol–water partition coefficient (Wildman–Crippen LogP) is 3.75. The zero-order valence-corrected chi connectivity index (χ0v) is 19.2. The van der Waals surface area contributed by atoms with Gasteiger partial charge in [0.25, 0.3) is 0 Å². The average Bonchev–Trinajstić information content (AvgIpc) is 3.06. The van der Waals surface area contributed by atoms with Gasteiger partial charge in [0, 0.05) is 61.2 Å². The molecule has 3 fully saturated rings. The number of hydrogen-bond donors (Lipinski definition) is 1. The van der Waals surface area contributed by atoms with Crippen molar-refractivity contribution in [3.8, 4) is 0 Å². The zero-order valence-electron chi connectivity index (χ0n) is 18.5. The van der Waals surface area contributed by atoms with Gasteiger partial charge in [0.1, 0.15) is 6.10 Å². The molecule has 0 spiro atoms. The van der Waals surface area contributed by atoms with Gasteiger partial charge in [0.2, 0.25) is 0 Å². The van der Waals surface area contributed by atoms with E-state index >= 15 is 0 Å². The molecule has 0 amide bonds. The first-order valence-corrected chi connectivity index (χ1v) is 12.1. The van der Waals surface area contributed by atoms with Gasteiger partial charge in [-0.15, -0.1) is 0 Å². The Labute approximate surface area is 190 Å². The molecule has 0 aromatic heterocycles. The molecule has 2 aliphatic heterocycles. The third-order valence-corrected chi connectivity index (χ3v) is 8.81. The second-order valence-electron chi connectivity index (χ2n) is 10.1. The third-order valence-electron chi connectivity index (χ3n) is 8.57. The second-order valence-corrected chi connectivity index (χ2v) is 10.5. The van der Waals surface area contributed by atoms with E-state index in [1.807, 2.05) is 18.2 Å². The first-order chi connectivity index (χ1) is 14.9. The van der Waals surface area contributed by atoms with E-state index < -0.39 is 6.10 Å². The van der Waals surface area contributed by atoms with Crippen molar-refractivity contribution in [3.63, 3.8) is 0 Å². The van der Waals surface area contributed by atoms with E-state index in [0.717, 1.165) is 56.2 Å². The number of allylic oxidation sites excluding steroid dienone is 1. The molecule has 4 aliphatic rings. The van der Waals surface area contributed by atoms with Gasteiger partial charge < -0.3 is 14.7 Å². The second kappa shape index (κ2) is 8.09. The Balaban J connectivity index is 1.28. The molecule has 2 aliphatic carbocycles. The number of fused-ring (bicyclic) bond motifs is 2. The van der Waals surface area contributed by atoms with E-state index in [0.29, 0.717) is 12.5 Å². The lowest BCUT2D eigenvalue weighted by Gasteiger charge is -2.52. The molecule has 0 radical (unpaired) electrons. The summed E-state index contributed by atoms with van der Waals surface area (Å²) in [6, 6.07) is 7.98. The number of piperazine rings is 1. The van der Waals surface area contributed by atoms with Crippen molar-refractivity contribution >= 4 is 23.3 Å². The van der Waals surface area contributed by atoms with Crippen LogP contribution in [0.25, 0.3) is 0 Å². The lowest BCUT2D eigenvalue weighted by molar-refractivity contribution is -0.145. The van der Waals surface area contributed by atoms with Crippen LogP contribution in [-0.4, -0.2) is 60.9 Å². The molecule has 5 nitrogen and oxygen atoms in total. The molecule has 2 heterocycles. The number of aliphatic hydroxyl groups excluding tert-OH is 1. The van der Waals surface area contributed by atoms with Crippen LogP contribution in [-0.2, 0) is 9.53 Å². The lowest BCUT2D eigenvalue weighted by atomic mass is 9.55. The number of ether oxygens (including phenoxy) is 1. The zero-order chi connectivity index (χ0) is 21.8. The highest BCUT2D eigenvalue weighted by Gasteiger charge is 2.59. The molecule has 0 unspecified atom stereocenters.